The van der Waals surface area contributed by atoms with Crippen LogP contribution in [0, 0.1) is 11.3 Å². The van der Waals surface area contributed by atoms with Crippen LogP contribution in [-0.4, -0.2) is 43.9 Å². The Hall–Kier alpha value is -1.10. The van der Waals surface area contributed by atoms with Crippen LogP contribution in [0.4, 0.5) is 0 Å². The lowest BCUT2D eigenvalue weighted by Crippen LogP contribution is -2.44. The summed E-state index contributed by atoms with van der Waals surface area (Å²) in [6, 6.07) is 0. The molecule has 0 saturated heterocycles. The number of rotatable bonds is 6. The van der Waals surface area contributed by atoms with E-state index in [9.17, 15) is 9.59 Å². The SMILES string of the molecule is CNC(=O)C(C)CN(C)C(=O)CC1(CN)CCC1. The second-order valence-corrected chi connectivity index (χ2v) is 5.52. The summed E-state index contributed by atoms with van der Waals surface area (Å²) in [7, 11) is 3.36. The number of carbonyl (C=O) groups excluding carboxylic acids is 2. The summed E-state index contributed by atoms with van der Waals surface area (Å²) in [4.78, 5) is 25.2. The molecule has 0 bridgehead atoms. The van der Waals surface area contributed by atoms with Crippen LogP contribution in [0.1, 0.15) is 32.6 Å². The van der Waals surface area contributed by atoms with E-state index in [1.54, 1.807) is 19.0 Å². The smallest absolute Gasteiger partial charge is 0.224 e. The first-order valence-electron chi connectivity index (χ1n) is 6.60. The molecule has 1 unspecified atom stereocenters. The zero-order valence-corrected chi connectivity index (χ0v) is 11.7. The van der Waals surface area contributed by atoms with E-state index >= 15 is 0 Å². The van der Waals surface area contributed by atoms with E-state index in [1.165, 1.54) is 6.42 Å². The van der Waals surface area contributed by atoms with Crippen molar-refractivity contribution in [3.05, 3.63) is 0 Å². The van der Waals surface area contributed by atoms with Crippen molar-refractivity contribution >= 4 is 11.8 Å². The minimum absolute atomic E-state index is 0.0294. The van der Waals surface area contributed by atoms with Crippen LogP contribution >= 0.6 is 0 Å². The van der Waals surface area contributed by atoms with Crippen LogP contribution in [0.15, 0.2) is 0 Å². The fraction of sp³-hybridized carbons (Fsp3) is 0.846. The average molecular weight is 255 g/mol. The summed E-state index contributed by atoms with van der Waals surface area (Å²) in [6.45, 7) is 2.86. The largest absolute Gasteiger partial charge is 0.359 e. The highest BCUT2D eigenvalue weighted by Crippen LogP contribution is 2.43. The lowest BCUT2D eigenvalue weighted by Gasteiger charge is -2.41. The Morgan fingerprint density at radius 3 is 2.44 bits per heavy atom. The van der Waals surface area contributed by atoms with Crippen LogP contribution in [-0.2, 0) is 9.59 Å². The zero-order chi connectivity index (χ0) is 13.8. The first-order valence-corrected chi connectivity index (χ1v) is 6.60. The molecule has 2 amide bonds. The first kappa shape index (κ1) is 15.0. The van der Waals surface area contributed by atoms with Gasteiger partial charge in [-0.2, -0.15) is 0 Å². The maximum Gasteiger partial charge on any atom is 0.224 e. The fourth-order valence-electron chi connectivity index (χ4n) is 2.43. The summed E-state index contributed by atoms with van der Waals surface area (Å²) >= 11 is 0. The molecule has 0 aromatic heterocycles. The molecule has 3 N–H and O–H groups in total. The second-order valence-electron chi connectivity index (χ2n) is 5.52. The number of amides is 2. The predicted molar refractivity (Wildman–Crippen MR) is 70.8 cm³/mol. The monoisotopic (exact) mass is 255 g/mol. The molecule has 5 heteroatoms. The molecule has 18 heavy (non-hydrogen) atoms. The Morgan fingerprint density at radius 2 is 2.06 bits per heavy atom. The van der Waals surface area contributed by atoms with Gasteiger partial charge in [-0.15, -0.1) is 0 Å². The summed E-state index contributed by atoms with van der Waals surface area (Å²) in [5.41, 5.74) is 5.78. The minimum atomic E-state index is -0.181. The Bertz CT molecular complexity index is 308. The summed E-state index contributed by atoms with van der Waals surface area (Å²) in [6.07, 6.45) is 3.78. The van der Waals surface area contributed by atoms with Gasteiger partial charge in [-0.25, -0.2) is 0 Å². The normalized spacial score (nSPS) is 18.7. The standard InChI is InChI=1S/C13H25N3O2/c1-10(12(18)15-2)8-16(3)11(17)7-13(9-14)5-4-6-13/h10H,4-9,14H2,1-3H3,(H,15,18). The van der Waals surface area contributed by atoms with Crippen LogP contribution in [0.3, 0.4) is 0 Å². The van der Waals surface area contributed by atoms with Gasteiger partial charge in [-0.1, -0.05) is 13.3 Å². The predicted octanol–water partition coefficient (Wildman–Crippen LogP) is 0.346. The van der Waals surface area contributed by atoms with Crippen molar-refractivity contribution in [2.75, 3.05) is 27.2 Å². The van der Waals surface area contributed by atoms with Crippen molar-refractivity contribution in [1.82, 2.24) is 10.2 Å². The maximum absolute atomic E-state index is 12.1. The van der Waals surface area contributed by atoms with Gasteiger partial charge in [-0.3, -0.25) is 9.59 Å². The molecular formula is C13H25N3O2. The van der Waals surface area contributed by atoms with Gasteiger partial charge in [0.25, 0.3) is 0 Å². The van der Waals surface area contributed by atoms with E-state index in [-0.39, 0.29) is 23.1 Å². The highest BCUT2D eigenvalue weighted by Gasteiger charge is 2.38. The molecule has 1 rings (SSSR count). The summed E-state index contributed by atoms with van der Waals surface area (Å²) in [5.74, 6) is -0.123. The van der Waals surface area contributed by atoms with Crippen molar-refractivity contribution in [3.63, 3.8) is 0 Å². The van der Waals surface area contributed by atoms with Gasteiger partial charge < -0.3 is 16.0 Å². The topological polar surface area (TPSA) is 75.4 Å². The molecule has 104 valence electrons. The summed E-state index contributed by atoms with van der Waals surface area (Å²) < 4.78 is 0. The van der Waals surface area contributed by atoms with Gasteiger partial charge in [-0.05, 0) is 24.8 Å². The number of nitrogens with one attached hydrogen (secondary N) is 1. The Kier molecular flexibility index (Phi) is 5.14. The van der Waals surface area contributed by atoms with E-state index in [1.807, 2.05) is 6.92 Å². The number of nitrogens with zero attached hydrogens (tertiary/aromatic N) is 1. The number of hydrogen-bond donors (Lipinski definition) is 2. The highest BCUT2D eigenvalue weighted by molar-refractivity contribution is 5.80. The quantitative estimate of drug-likeness (QED) is 0.719. The van der Waals surface area contributed by atoms with Crippen molar-refractivity contribution in [3.8, 4) is 0 Å². The lowest BCUT2D eigenvalue weighted by atomic mass is 9.66. The van der Waals surface area contributed by atoms with E-state index in [0.29, 0.717) is 19.5 Å². The van der Waals surface area contributed by atoms with E-state index in [4.69, 9.17) is 5.73 Å². The number of hydrogen-bond acceptors (Lipinski definition) is 3. The van der Waals surface area contributed by atoms with E-state index in [2.05, 4.69) is 5.32 Å². The van der Waals surface area contributed by atoms with Gasteiger partial charge in [0.05, 0.1) is 5.92 Å². The van der Waals surface area contributed by atoms with Crippen molar-refractivity contribution < 1.29 is 9.59 Å². The fourth-order valence-corrected chi connectivity index (χ4v) is 2.43. The molecular weight excluding hydrogens is 230 g/mol. The molecule has 0 radical (unpaired) electrons. The molecule has 0 aromatic carbocycles. The van der Waals surface area contributed by atoms with Crippen LogP contribution in [0.25, 0.3) is 0 Å². The third-order valence-corrected chi connectivity index (χ3v) is 4.04. The molecule has 1 saturated carbocycles. The van der Waals surface area contributed by atoms with Crippen molar-refractivity contribution in [1.29, 1.82) is 0 Å². The second kappa shape index (κ2) is 6.18. The first-order chi connectivity index (χ1) is 8.44. The third-order valence-electron chi connectivity index (χ3n) is 4.04. The van der Waals surface area contributed by atoms with Gasteiger partial charge in [0, 0.05) is 27.1 Å². The van der Waals surface area contributed by atoms with Gasteiger partial charge in [0.1, 0.15) is 0 Å². The van der Waals surface area contributed by atoms with Gasteiger partial charge in [0.15, 0.2) is 0 Å². The molecule has 0 aliphatic heterocycles. The van der Waals surface area contributed by atoms with Crippen LogP contribution < -0.4 is 11.1 Å². The average Bonchev–Trinajstić information content (AvgIpc) is 2.32. The minimum Gasteiger partial charge on any atom is -0.359 e. The van der Waals surface area contributed by atoms with E-state index in [0.717, 1.165) is 12.8 Å². The number of carbonyl (C=O) groups is 2. The van der Waals surface area contributed by atoms with Crippen LogP contribution in [0.5, 0.6) is 0 Å². The van der Waals surface area contributed by atoms with Crippen molar-refractivity contribution in [2.24, 2.45) is 17.1 Å². The van der Waals surface area contributed by atoms with Gasteiger partial charge >= 0.3 is 0 Å². The number of nitrogens with two attached hydrogens (primary N) is 1. The molecule has 1 fully saturated rings. The maximum atomic E-state index is 12.1. The van der Waals surface area contributed by atoms with Gasteiger partial charge in [0.2, 0.25) is 11.8 Å². The third kappa shape index (κ3) is 3.45. The lowest BCUT2D eigenvalue weighted by molar-refractivity contribution is -0.135. The molecule has 0 aromatic rings. The zero-order valence-electron chi connectivity index (χ0n) is 11.7. The Morgan fingerprint density at radius 1 is 1.44 bits per heavy atom. The van der Waals surface area contributed by atoms with Crippen LogP contribution in [0.2, 0.25) is 0 Å². The summed E-state index contributed by atoms with van der Waals surface area (Å²) in [5, 5.41) is 2.59. The Balaban J connectivity index is 2.44. The molecule has 5 nitrogen and oxygen atoms in total. The highest BCUT2D eigenvalue weighted by atomic mass is 16.2. The van der Waals surface area contributed by atoms with E-state index < -0.39 is 0 Å². The molecule has 0 spiro atoms. The van der Waals surface area contributed by atoms with Crippen molar-refractivity contribution in [2.45, 2.75) is 32.6 Å². The molecule has 0 heterocycles. The molecule has 1 atom stereocenters. The molecule has 1 aliphatic rings. The molecule has 1 aliphatic carbocycles. The Labute approximate surface area is 109 Å².